The van der Waals surface area contributed by atoms with Crippen molar-refractivity contribution in [3.05, 3.63) is 65.7 Å². The second-order valence-electron chi connectivity index (χ2n) is 5.12. The van der Waals surface area contributed by atoms with Crippen LogP contribution < -0.4 is 9.64 Å². The number of alkyl halides is 2. The SMILES string of the molecule is O=C(/C=C/c1ccccc1OC(F)F)N1CCc2ccccc21. The van der Waals surface area contributed by atoms with Gasteiger partial charge in [0.05, 0.1) is 0 Å². The van der Waals surface area contributed by atoms with Crippen molar-refractivity contribution in [2.24, 2.45) is 0 Å². The Balaban J connectivity index is 1.78. The van der Waals surface area contributed by atoms with Crippen LogP contribution in [0.3, 0.4) is 0 Å². The molecule has 0 bridgehead atoms. The van der Waals surface area contributed by atoms with Crippen LogP contribution >= 0.6 is 0 Å². The molecule has 5 heteroatoms. The Morgan fingerprint density at radius 2 is 1.87 bits per heavy atom. The second kappa shape index (κ2) is 6.60. The van der Waals surface area contributed by atoms with E-state index in [1.54, 1.807) is 23.1 Å². The van der Waals surface area contributed by atoms with Crippen LogP contribution in [-0.4, -0.2) is 19.1 Å². The van der Waals surface area contributed by atoms with Gasteiger partial charge in [-0.25, -0.2) is 0 Å². The van der Waals surface area contributed by atoms with Gasteiger partial charge in [-0.3, -0.25) is 4.79 Å². The molecule has 1 heterocycles. The Hall–Kier alpha value is -2.69. The predicted octanol–water partition coefficient (Wildman–Crippen LogP) is 3.89. The smallest absolute Gasteiger partial charge is 0.387 e. The van der Waals surface area contributed by atoms with Crippen molar-refractivity contribution in [1.82, 2.24) is 0 Å². The average molecular weight is 315 g/mol. The first kappa shape index (κ1) is 15.2. The van der Waals surface area contributed by atoms with E-state index in [0.29, 0.717) is 12.1 Å². The molecule has 0 fully saturated rings. The lowest BCUT2D eigenvalue weighted by atomic mass is 10.1. The van der Waals surface area contributed by atoms with E-state index < -0.39 is 6.61 Å². The summed E-state index contributed by atoms with van der Waals surface area (Å²) in [5.41, 5.74) is 2.48. The molecule has 0 aliphatic carbocycles. The zero-order valence-electron chi connectivity index (χ0n) is 12.3. The van der Waals surface area contributed by atoms with Gasteiger partial charge in [-0.1, -0.05) is 36.4 Å². The maximum atomic E-state index is 12.4. The minimum Gasteiger partial charge on any atom is -0.434 e. The van der Waals surface area contributed by atoms with Crippen LogP contribution in [0.1, 0.15) is 11.1 Å². The molecule has 0 saturated heterocycles. The number of para-hydroxylation sites is 2. The Morgan fingerprint density at radius 1 is 1.13 bits per heavy atom. The third-order valence-corrected chi connectivity index (χ3v) is 3.69. The average Bonchev–Trinajstić information content (AvgIpc) is 2.97. The van der Waals surface area contributed by atoms with Crippen molar-refractivity contribution in [3.63, 3.8) is 0 Å². The summed E-state index contributed by atoms with van der Waals surface area (Å²) in [5, 5.41) is 0. The number of rotatable bonds is 4. The fourth-order valence-corrected chi connectivity index (χ4v) is 2.64. The van der Waals surface area contributed by atoms with Crippen LogP contribution in [0.25, 0.3) is 6.08 Å². The number of amides is 1. The molecule has 0 saturated carbocycles. The molecule has 1 amide bonds. The first-order valence-corrected chi connectivity index (χ1v) is 7.26. The summed E-state index contributed by atoms with van der Waals surface area (Å²) < 4.78 is 29.2. The van der Waals surface area contributed by atoms with Crippen LogP contribution in [0, 0.1) is 0 Å². The van der Waals surface area contributed by atoms with E-state index in [4.69, 9.17) is 0 Å². The summed E-state index contributed by atoms with van der Waals surface area (Å²) in [4.78, 5) is 14.0. The van der Waals surface area contributed by atoms with Crippen molar-refractivity contribution >= 4 is 17.7 Å². The zero-order valence-corrected chi connectivity index (χ0v) is 12.3. The zero-order chi connectivity index (χ0) is 16.2. The fraction of sp³-hybridized carbons (Fsp3) is 0.167. The molecular weight excluding hydrogens is 300 g/mol. The minimum absolute atomic E-state index is 0.0494. The van der Waals surface area contributed by atoms with E-state index in [1.165, 1.54) is 18.2 Å². The molecule has 0 N–H and O–H groups in total. The summed E-state index contributed by atoms with van der Waals surface area (Å²) in [6, 6.07) is 14.1. The van der Waals surface area contributed by atoms with Crippen molar-refractivity contribution in [1.29, 1.82) is 0 Å². The van der Waals surface area contributed by atoms with Crippen molar-refractivity contribution in [2.45, 2.75) is 13.0 Å². The Morgan fingerprint density at radius 3 is 2.70 bits per heavy atom. The number of halogens is 2. The summed E-state index contributed by atoms with van der Waals surface area (Å²) in [5.74, 6) is -0.129. The molecule has 0 radical (unpaired) electrons. The highest BCUT2D eigenvalue weighted by atomic mass is 19.3. The first-order chi connectivity index (χ1) is 11.1. The van der Waals surface area contributed by atoms with Gasteiger partial charge in [0.25, 0.3) is 5.91 Å². The number of anilines is 1. The van der Waals surface area contributed by atoms with Crippen LogP contribution in [0.15, 0.2) is 54.6 Å². The highest BCUT2D eigenvalue weighted by molar-refractivity contribution is 6.05. The van der Waals surface area contributed by atoms with Gasteiger partial charge < -0.3 is 9.64 Å². The summed E-state index contributed by atoms with van der Waals surface area (Å²) in [7, 11) is 0. The molecule has 0 atom stereocenters. The number of fused-ring (bicyclic) bond motifs is 1. The number of hydrogen-bond donors (Lipinski definition) is 0. The third-order valence-electron chi connectivity index (χ3n) is 3.69. The van der Waals surface area contributed by atoms with Crippen LogP contribution in [-0.2, 0) is 11.2 Å². The maximum absolute atomic E-state index is 12.4. The number of nitrogens with zero attached hydrogens (tertiary/aromatic N) is 1. The van der Waals surface area contributed by atoms with Gasteiger partial charge in [0.15, 0.2) is 0 Å². The van der Waals surface area contributed by atoms with E-state index in [0.717, 1.165) is 17.7 Å². The summed E-state index contributed by atoms with van der Waals surface area (Å²) in [6.45, 7) is -2.27. The predicted molar refractivity (Wildman–Crippen MR) is 84.6 cm³/mol. The van der Waals surface area contributed by atoms with Gasteiger partial charge in [0.2, 0.25) is 0 Å². The monoisotopic (exact) mass is 315 g/mol. The molecule has 1 aliphatic heterocycles. The van der Waals surface area contributed by atoms with Gasteiger partial charge in [-0.2, -0.15) is 8.78 Å². The quantitative estimate of drug-likeness (QED) is 0.801. The van der Waals surface area contributed by atoms with Crippen LogP contribution in [0.2, 0.25) is 0 Å². The molecule has 1 aliphatic rings. The lowest BCUT2D eigenvalue weighted by Gasteiger charge is -2.15. The molecule has 0 unspecified atom stereocenters. The molecule has 23 heavy (non-hydrogen) atoms. The summed E-state index contributed by atoms with van der Waals surface area (Å²) in [6.07, 6.45) is 3.71. The molecule has 118 valence electrons. The van der Waals surface area contributed by atoms with Crippen molar-refractivity contribution in [2.75, 3.05) is 11.4 Å². The molecule has 0 aromatic heterocycles. The molecule has 0 spiro atoms. The van der Waals surface area contributed by atoms with E-state index in [1.807, 2.05) is 24.3 Å². The van der Waals surface area contributed by atoms with E-state index in [2.05, 4.69) is 4.74 Å². The normalized spacial score (nSPS) is 13.6. The number of hydrogen-bond acceptors (Lipinski definition) is 2. The summed E-state index contributed by atoms with van der Waals surface area (Å²) >= 11 is 0. The van der Waals surface area contributed by atoms with Crippen LogP contribution in [0.5, 0.6) is 5.75 Å². The second-order valence-corrected chi connectivity index (χ2v) is 5.12. The van der Waals surface area contributed by atoms with Gasteiger partial charge >= 0.3 is 6.61 Å². The number of carbonyl (C=O) groups is 1. The highest BCUT2D eigenvalue weighted by Crippen LogP contribution is 2.28. The lowest BCUT2D eigenvalue weighted by molar-refractivity contribution is -0.114. The molecule has 2 aromatic rings. The highest BCUT2D eigenvalue weighted by Gasteiger charge is 2.22. The van der Waals surface area contributed by atoms with Gasteiger partial charge in [0, 0.05) is 23.9 Å². The molecular formula is C18H15F2NO2. The van der Waals surface area contributed by atoms with E-state index in [9.17, 15) is 13.6 Å². The standard InChI is InChI=1S/C18H15F2NO2/c19-18(20)23-16-8-4-2-6-14(16)9-10-17(22)21-12-11-13-5-1-3-7-15(13)21/h1-10,18H,11-12H2/b10-9+. The van der Waals surface area contributed by atoms with Crippen molar-refractivity contribution in [3.8, 4) is 5.75 Å². The Kier molecular flexibility index (Phi) is 4.37. The molecule has 3 nitrogen and oxygen atoms in total. The van der Waals surface area contributed by atoms with Gasteiger partial charge in [-0.15, -0.1) is 0 Å². The first-order valence-electron chi connectivity index (χ1n) is 7.26. The van der Waals surface area contributed by atoms with Gasteiger partial charge in [0.1, 0.15) is 5.75 Å². The fourth-order valence-electron chi connectivity index (χ4n) is 2.64. The van der Waals surface area contributed by atoms with E-state index >= 15 is 0 Å². The van der Waals surface area contributed by atoms with Gasteiger partial charge in [-0.05, 0) is 30.2 Å². The molecule has 3 rings (SSSR count). The van der Waals surface area contributed by atoms with Crippen molar-refractivity contribution < 1.29 is 18.3 Å². The number of ether oxygens (including phenoxy) is 1. The number of carbonyl (C=O) groups excluding carboxylic acids is 1. The third kappa shape index (κ3) is 3.39. The van der Waals surface area contributed by atoms with E-state index in [-0.39, 0.29) is 11.7 Å². The Labute approximate surface area is 132 Å². The largest absolute Gasteiger partial charge is 0.434 e. The number of benzene rings is 2. The lowest BCUT2D eigenvalue weighted by Crippen LogP contribution is -2.26. The topological polar surface area (TPSA) is 29.5 Å². The maximum Gasteiger partial charge on any atom is 0.387 e. The Bertz CT molecular complexity index is 743. The molecule has 2 aromatic carbocycles. The van der Waals surface area contributed by atoms with Crippen LogP contribution in [0.4, 0.5) is 14.5 Å². The minimum atomic E-state index is -2.90.